The number of carbonyl (C=O) groups is 1. The summed E-state index contributed by atoms with van der Waals surface area (Å²) in [6.45, 7) is 2.16. The maximum Gasteiger partial charge on any atom is 0.252 e. The monoisotopic (exact) mass is 346 g/mol. The zero-order valence-corrected chi connectivity index (χ0v) is 13.9. The molecule has 24 heavy (non-hydrogen) atoms. The van der Waals surface area contributed by atoms with E-state index in [0.717, 1.165) is 31.7 Å². The lowest BCUT2D eigenvalue weighted by molar-refractivity contribution is 0.1000. The van der Waals surface area contributed by atoms with E-state index in [2.05, 4.69) is 10.2 Å². The van der Waals surface area contributed by atoms with Gasteiger partial charge in [-0.1, -0.05) is 29.8 Å². The quantitative estimate of drug-likeness (QED) is 0.899. The lowest BCUT2D eigenvalue weighted by Gasteiger charge is -2.33. The van der Waals surface area contributed by atoms with Gasteiger partial charge in [-0.15, -0.1) is 10.2 Å². The van der Waals surface area contributed by atoms with Crippen LogP contribution >= 0.6 is 11.6 Å². The van der Waals surface area contributed by atoms with Crippen molar-refractivity contribution in [1.82, 2.24) is 10.2 Å². The van der Waals surface area contributed by atoms with Crippen LogP contribution in [0.4, 0.5) is 5.82 Å². The van der Waals surface area contributed by atoms with Crippen LogP contribution in [-0.2, 0) is 0 Å². The number of ether oxygens (including phenoxy) is 1. The maximum atomic E-state index is 11.7. The van der Waals surface area contributed by atoms with Gasteiger partial charge in [0.25, 0.3) is 5.91 Å². The van der Waals surface area contributed by atoms with Gasteiger partial charge in [-0.25, -0.2) is 0 Å². The number of anilines is 1. The van der Waals surface area contributed by atoms with Gasteiger partial charge in [0.2, 0.25) is 0 Å². The third-order valence-electron chi connectivity index (χ3n) is 4.06. The first-order valence-electron chi connectivity index (χ1n) is 7.89. The van der Waals surface area contributed by atoms with Gasteiger partial charge in [0.05, 0.1) is 12.2 Å². The number of hydrogen-bond acceptors (Lipinski definition) is 5. The molecule has 1 aromatic heterocycles. The third kappa shape index (κ3) is 3.94. The molecule has 126 valence electrons. The molecule has 0 radical (unpaired) electrons. The Balaban J connectivity index is 1.68. The average Bonchev–Trinajstić information content (AvgIpc) is 2.61. The molecule has 0 unspecified atom stereocenters. The van der Waals surface area contributed by atoms with E-state index < -0.39 is 5.91 Å². The van der Waals surface area contributed by atoms with Crippen LogP contribution in [0.2, 0.25) is 5.15 Å². The maximum absolute atomic E-state index is 11.7. The van der Waals surface area contributed by atoms with Gasteiger partial charge in [-0.2, -0.15) is 0 Å². The van der Waals surface area contributed by atoms with Crippen molar-refractivity contribution >= 4 is 23.3 Å². The van der Waals surface area contributed by atoms with Crippen LogP contribution in [-0.4, -0.2) is 35.8 Å². The highest BCUT2D eigenvalue weighted by atomic mass is 35.5. The van der Waals surface area contributed by atoms with Crippen LogP contribution in [0, 0.1) is 5.92 Å². The summed E-state index contributed by atoms with van der Waals surface area (Å²) in [7, 11) is 0. The summed E-state index contributed by atoms with van der Waals surface area (Å²) >= 11 is 5.83. The molecule has 2 N–H and O–H groups in total. The van der Waals surface area contributed by atoms with Crippen LogP contribution < -0.4 is 15.4 Å². The standard InChI is InChI=1S/C17H19ClN4O2/c18-15-9-14(16(19)23)17(21-20-15)22-8-4-5-12(10-22)11-24-13-6-2-1-3-7-13/h1-3,6-7,9,12H,4-5,8,10-11H2,(H2,19,23)/t12-/m1/s1. The van der Waals surface area contributed by atoms with Crippen molar-refractivity contribution in [3.8, 4) is 5.75 Å². The van der Waals surface area contributed by atoms with E-state index >= 15 is 0 Å². The van der Waals surface area contributed by atoms with Crippen molar-refractivity contribution in [3.63, 3.8) is 0 Å². The van der Waals surface area contributed by atoms with Gasteiger partial charge in [0.15, 0.2) is 11.0 Å². The number of primary amides is 1. The molecule has 1 amide bonds. The molecule has 0 aliphatic carbocycles. The minimum atomic E-state index is -0.551. The molecule has 2 heterocycles. The highest BCUT2D eigenvalue weighted by Gasteiger charge is 2.25. The third-order valence-corrected chi connectivity index (χ3v) is 4.24. The highest BCUT2D eigenvalue weighted by molar-refractivity contribution is 6.29. The number of para-hydroxylation sites is 1. The second-order valence-electron chi connectivity index (χ2n) is 5.85. The number of amides is 1. The van der Waals surface area contributed by atoms with Crippen molar-refractivity contribution < 1.29 is 9.53 Å². The molecule has 0 bridgehead atoms. The summed E-state index contributed by atoms with van der Waals surface area (Å²) in [5, 5.41) is 8.09. The Morgan fingerprint density at radius 2 is 2.12 bits per heavy atom. The van der Waals surface area contributed by atoms with Crippen LogP contribution in [0.5, 0.6) is 5.75 Å². The van der Waals surface area contributed by atoms with Crippen LogP contribution in [0.15, 0.2) is 36.4 Å². The zero-order valence-electron chi connectivity index (χ0n) is 13.2. The van der Waals surface area contributed by atoms with Crippen molar-refractivity contribution in [2.24, 2.45) is 11.7 Å². The first-order valence-corrected chi connectivity index (χ1v) is 8.27. The van der Waals surface area contributed by atoms with E-state index in [1.54, 1.807) is 0 Å². The molecule has 1 atom stereocenters. The van der Waals surface area contributed by atoms with Gasteiger partial charge in [-0.3, -0.25) is 4.79 Å². The van der Waals surface area contributed by atoms with Crippen LogP contribution in [0.25, 0.3) is 0 Å². The molecule has 2 aromatic rings. The van der Waals surface area contributed by atoms with E-state index in [1.165, 1.54) is 6.07 Å². The first-order chi connectivity index (χ1) is 11.6. The van der Waals surface area contributed by atoms with Gasteiger partial charge < -0.3 is 15.4 Å². The smallest absolute Gasteiger partial charge is 0.252 e. The van der Waals surface area contributed by atoms with E-state index in [1.807, 2.05) is 35.2 Å². The Labute approximate surface area is 145 Å². The second-order valence-corrected chi connectivity index (χ2v) is 6.23. The van der Waals surface area contributed by atoms with Gasteiger partial charge in [-0.05, 0) is 31.0 Å². The minimum absolute atomic E-state index is 0.161. The Morgan fingerprint density at radius 3 is 2.88 bits per heavy atom. The largest absolute Gasteiger partial charge is 0.493 e. The summed E-state index contributed by atoms with van der Waals surface area (Å²) in [6.07, 6.45) is 2.06. The Morgan fingerprint density at radius 1 is 1.33 bits per heavy atom. The number of halogens is 1. The fraction of sp³-hybridized carbons (Fsp3) is 0.353. The fourth-order valence-corrected chi connectivity index (χ4v) is 3.05. The summed E-state index contributed by atoms with van der Waals surface area (Å²) in [5.74, 6) is 1.15. The summed E-state index contributed by atoms with van der Waals surface area (Å²) in [5.41, 5.74) is 5.75. The van der Waals surface area contributed by atoms with Gasteiger partial charge in [0.1, 0.15) is 5.75 Å². The zero-order chi connectivity index (χ0) is 16.9. The SMILES string of the molecule is NC(=O)c1cc(Cl)nnc1N1CCC[C@@H](COc2ccccc2)C1. The molecule has 0 spiro atoms. The van der Waals surface area contributed by atoms with E-state index in [-0.39, 0.29) is 5.15 Å². The molecular weight excluding hydrogens is 328 g/mol. The number of benzene rings is 1. The molecule has 1 aliphatic heterocycles. The highest BCUT2D eigenvalue weighted by Crippen LogP contribution is 2.26. The Kier molecular flexibility index (Phi) is 5.15. The molecular formula is C17H19ClN4O2. The lowest BCUT2D eigenvalue weighted by Crippen LogP contribution is -2.39. The average molecular weight is 347 g/mol. The molecule has 1 aliphatic rings. The Bertz CT molecular complexity index is 711. The molecule has 3 rings (SSSR count). The molecule has 0 saturated carbocycles. The van der Waals surface area contributed by atoms with Crippen molar-refractivity contribution in [2.75, 3.05) is 24.6 Å². The van der Waals surface area contributed by atoms with E-state index in [4.69, 9.17) is 22.1 Å². The van der Waals surface area contributed by atoms with Crippen molar-refractivity contribution in [2.45, 2.75) is 12.8 Å². The molecule has 1 aromatic carbocycles. The normalized spacial score (nSPS) is 17.5. The predicted octanol–water partition coefficient (Wildman–Crippen LogP) is 2.52. The number of aromatic nitrogens is 2. The second kappa shape index (κ2) is 7.49. The van der Waals surface area contributed by atoms with E-state index in [0.29, 0.717) is 23.9 Å². The summed E-state index contributed by atoms with van der Waals surface area (Å²) < 4.78 is 5.85. The number of hydrogen-bond donors (Lipinski definition) is 1. The van der Waals surface area contributed by atoms with Crippen LogP contribution in [0.3, 0.4) is 0 Å². The van der Waals surface area contributed by atoms with Crippen LogP contribution in [0.1, 0.15) is 23.2 Å². The lowest BCUT2D eigenvalue weighted by atomic mass is 9.98. The molecule has 1 saturated heterocycles. The first kappa shape index (κ1) is 16.5. The topological polar surface area (TPSA) is 81.3 Å². The number of carbonyl (C=O) groups excluding carboxylic acids is 1. The minimum Gasteiger partial charge on any atom is -0.493 e. The van der Waals surface area contributed by atoms with Crippen molar-refractivity contribution in [1.29, 1.82) is 0 Å². The number of nitrogens with zero attached hydrogens (tertiary/aromatic N) is 3. The molecule has 1 fully saturated rings. The predicted molar refractivity (Wildman–Crippen MR) is 92.4 cm³/mol. The number of nitrogens with two attached hydrogens (primary N) is 1. The fourth-order valence-electron chi connectivity index (χ4n) is 2.90. The molecule has 7 heteroatoms. The number of piperidine rings is 1. The van der Waals surface area contributed by atoms with E-state index in [9.17, 15) is 4.79 Å². The van der Waals surface area contributed by atoms with Gasteiger partial charge in [0, 0.05) is 19.0 Å². The Hall–Kier alpha value is -2.34. The summed E-state index contributed by atoms with van der Waals surface area (Å²) in [6, 6.07) is 11.2. The summed E-state index contributed by atoms with van der Waals surface area (Å²) in [4.78, 5) is 13.7. The number of rotatable bonds is 5. The van der Waals surface area contributed by atoms with Crippen molar-refractivity contribution in [3.05, 3.63) is 47.1 Å². The van der Waals surface area contributed by atoms with Gasteiger partial charge >= 0.3 is 0 Å². The molecule has 6 nitrogen and oxygen atoms in total.